The Hall–Kier alpha value is -1.10. The smallest absolute Gasteiger partial charge is 0.236 e. The van der Waals surface area contributed by atoms with Gasteiger partial charge in [-0.2, -0.15) is 0 Å². The van der Waals surface area contributed by atoms with E-state index in [0.717, 1.165) is 0 Å². The molecule has 1 aliphatic rings. The molecule has 0 aromatic heterocycles. The van der Waals surface area contributed by atoms with E-state index in [1.54, 1.807) is 0 Å². The predicted molar refractivity (Wildman–Crippen MR) is 43.1 cm³/mol. The average Bonchev–Trinajstić information content (AvgIpc) is 2.03. The number of methoxy groups -OCH3 is 1. The largest absolute Gasteiger partial charge is 0.501 e. The molecule has 0 aromatic rings. The minimum absolute atomic E-state index is 0.152. The predicted octanol–water partition coefficient (Wildman–Crippen LogP) is 0.283. The first-order valence-electron chi connectivity index (χ1n) is 3.77. The van der Waals surface area contributed by atoms with Crippen LogP contribution in [0.2, 0.25) is 0 Å². The van der Waals surface area contributed by atoms with Crippen LogP contribution in [-0.4, -0.2) is 24.1 Å². The van der Waals surface area contributed by atoms with Gasteiger partial charge in [-0.3, -0.25) is 10.1 Å². The van der Waals surface area contributed by atoms with E-state index in [-0.39, 0.29) is 11.0 Å². The van der Waals surface area contributed by atoms with Crippen LogP contribution in [-0.2, 0) is 4.74 Å². The molecule has 0 spiro atoms. The highest BCUT2D eigenvalue weighted by Gasteiger charge is 2.27. The zero-order valence-corrected chi connectivity index (χ0v) is 6.90. The second-order valence-corrected chi connectivity index (χ2v) is 2.89. The topological polar surface area (TPSA) is 78.4 Å². The fourth-order valence-electron chi connectivity index (χ4n) is 1.30. The highest BCUT2D eigenvalue weighted by Crippen LogP contribution is 2.19. The molecule has 12 heavy (non-hydrogen) atoms. The fourth-order valence-corrected chi connectivity index (χ4v) is 1.30. The van der Waals surface area contributed by atoms with Gasteiger partial charge >= 0.3 is 0 Å². The molecule has 1 rings (SSSR count). The van der Waals surface area contributed by atoms with E-state index < -0.39 is 6.04 Å². The van der Waals surface area contributed by atoms with E-state index in [1.807, 2.05) is 0 Å². The molecule has 0 amide bonds. The van der Waals surface area contributed by atoms with Gasteiger partial charge in [-0.1, -0.05) is 0 Å². The lowest BCUT2D eigenvalue weighted by Gasteiger charge is -2.20. The van der Waals surface area contributed by atoms with Crippen LogP contribution in [0.1, 0.15) is 12.8 Å². The summed E-state index contributed by atoms with van der Waals surface area (Å²) >= 11 is 0. The Labute approximate surface area is 70.3 Å². The first-order valence-corrected chi connectivity index (χ1v) is 3.77. The number of hydrogen-bond acceptors (Lipinski definition) is 4. The van der Waals surface area contributed by atoms with Crippen molar-refractivity contribution in [2.75, 3.05) is 7.11 Å². The fraction of sp³-hybridized carbons (Fsp3) is 0.714. The molecule has 0 saturated carbocycles. The number of nitrogens with two attached hydrogens (primary N) is 1. The van der Waals surface area contributed by atoms with Crippen LogP contribution in [0.25, 0.3) is 0 Å². The third kappa shape index (κ3) is 1.94. The lowest BCUT2D eigenvalue weighted by atomic mass is 9.97. The molecule has 5 nitrogen and oxygen atoms in total. The summed E-state index contributed by atoms with van der Waals surface area (Å²) < 4.78 is 4.92. The summed E-state index contributed by atoms with van der Waals surface area (Å²) in [5.74, 6) is 0.621. The Morgan fingerprint density at radius 3 is 3.00 bits per heavy atom. The van der Waals surface area contributed by atoms with Crippen molar-refractivity contribution >= 4 is 0 Å². The summed E-state index contributed by atoms with van der Waals surface area (Å²) in [4.78, 5) is 10.1. The normalized spacial score (nSPS) is 29.3. The number of rotatable bonds is 2. The molecular weight excluding hydrogens is 160 g/mol. The molecule has 1 aliphatic carbocycles. The number of nitrogens with zero attached hydrogens (tertiary/aromatic N) is 1. The Balaban J connectivity index is 2.71. The van der Waals surface area contributed by atoms with Gasteiger partial charge in [0.25, 0.3) is 0 Å². The third-order valence-corrected chi connectivity index (χ3v) is 1.92. The van der Waals surface area contributed by atoms with Crippen molar-refractivity contribution in [3.05, 3.63) is 21.9 Å². The van der Waals surface area contributed by atoms with Gasteiger partial charge in [0.15, 0.2) is 0 Å². The van der Waals surface area contributed by atoms with E-state index in [2.05, 4.69) is 0 Å². The quantitative estimate of drug-likeness (QED) is 0.479. The molecule has 68 valence electrons. The van der Waals surface area contributed by atoms with Crippen molar-refractivity contribution in [3.63, 3.8) is 0 Å². The molecule has 2 unspecified atom stereocenters. The third-order valence-electron chi connectivity index (χ3n) is 1.92. The molecule has 0 aliphatic heterocycles. The van der Waals surface area contributed by atoms with Gasteiger partial charge in [0.1, 0.15) is 0 Å². The molecule has 2 N–H and O–H groups in total. The summed E-state index contributed by atoms with van der Waals surface area (Å²) in [5.41, 5.74) is 5.60. The summed E-state index contributed by atoms with van der Waals surface area (Å²) in [7, 11) is 1.50. The molecular formula is C7H12N2O3. The van der Waals surface area contributed by atoms with Crippen molar-refractivity contribution in [1.82, 2.24) is 0 Å². The Kier molecular flexibility index (Phi) is 2.65. The highest BCUT2D eigenvalue weighted by atomic mass is 16.6. The van der Waals surface area contributed by atoms with Gasteiger partial charge < -0.3 is 10.5 Å². The molecule has 0 bridgehead atoms. The van der Waals surface area contributed by atoms with E-state index >= 15 is 0 Å². The lowest BCUT2D eigenvalue weighted by Crippen LogP contribution is -2.34. The minimum Gasteiger partial charge on any atom is -0.501 e. The van der Waals surface area contributed by atoms with Crippen molar-refractivity contribution in [3.8, 4) is 0 Å². The number of ether oxygens (including phenoxy) is 1. The molecule has 0 radical (unpaired) electrons. The maximum absolute atomic E-state index is 10.4. The summed E-state index contributed by atoms with van der Waals surface area (Å²) in [6.07, 6.45) is 2.53. The molecule has 0 aromatic carbocycles. The number of hydrogen-bond donors (Lipinski definition) is 1. The second-order valence-electron chi connectivity index (χ2n) is 2.89. The van der Waals surface area contributed by atoms with Gasteiger partial charge in [-0.15, -0.1) is 0 Å². The zero-order chi connectivity index (χ0) is 9.14. The monoisotopic (exact) mass is 172 g/mol. The number of nitro groups is 1. The standard InChI is InChI=1S/C7H12N2O3/c1-12-7-3-5(8)2-6(4-7)9(10)11/h4-6H,2-3,8H2,1H3. The van der Waals surface area contributed by atoms with Crippen LogP contribution in [0, 0.1) is 10.1 Å². The molecule has 2 atom stereocenters. The Bertz CT molecular complexity index is 215. The maximum atomic E-state index is 10.4. The van der Waals surface area contributed by atoms with Gasteiger partial charge in [-0.05, 0) is 0 Å². The molecule has 0 fully saturated rings. The van der Waals surface area contributed by atoms with Crippen LogP contribution in [0.15, 0.2) is 11.8 Å². The van der Waals surface area contributed by atoms with Crippen molar-refractivity contribution in [1.29, 1.82) is 0 Å². The maximum Gasteiger partial charge on any atom is 0.236 e. The minimum atomic E-state index is -0.677. The second kappa shape index (κ2) is 3.53. The van der Waals surface area contributed by atoms with Crippen LogP contribution in [0.4, 0.5) is 0 Å². The summed E-state index contributed by atoms with van der Waals surface area (Å²) in [6, 6.07) is -0.830. The van der Waals surface area contributed by atoms with E-state index in [0.29, 0.717) is 18.6 Å². The van der Waals surface area contributed by atoms with Crippen molar-refractivity contribution in [2.24, 2.45) is 5.73 Å². The zero-order valence-electron chi connectivity index (χ0n) is 6.90. The van der Waals surface area contributed by atoms with Crippen molar-refractivity contribution in [2.45, 2.75) is 24.9 Å². The molecule has 0 heterocycles. The van der Waals surface area contributed by atoms with E-state index in [1.165, 1.54) is 13.2 Å². The molecule has 5 heteroatoms. The van der Waals surface area contributed by atoms with Crippen LogP contribution < -0.4 is 5.73 Å². The molecule has 0 saturated heterocycles. The lowest BCUT2D eigenvalue weighted by molar-refractivity contribution is -0.511. The van der Waals surface area contributed by atoms with Gasteiger partial charge in [0.05, 0.1) is 12.9 Å². The van der Waals surface area contributed by atoms with Gasteiger partial charge in [0.2, 0.25) is 6.04 Å². The van der Waals surface area contributed by atoms with Crippen LogP contribution >= 0.6 is 0 Å². The Morgan fingerprint density at radius 2 is 2.50 bits per heavy atom. The first kappa shape index (κ1) is 8.99. The SMILES string of the molecule is COC1=CC([N+](=O)[O-])CC(N)C1. The van der Waals surface area contributed by atoms with Gasteiger partial charge in [0, 0.05) is 29.9 Å². The summed E-state index contributed by atoms with van der Waals surface area (Å²) in [5, 5.41) is 10.4. The first-order chi connectivity index (χ1) is 5.63. The van der Waals surface area contributed by atoms with Crippen molar-refractivity contribution < 1.29 is 9.66 Å². The van der Waals surface area contributed by atoms with Gasteiger partial charge in [-0.25, -0.2) is 0 Å². The van der Waals surface area contributed by atoms with Crippen LogP contribution in [0.5, 0.6) is 0 Å². The summed E-state index contributed by atoms with van der Waals surface area (Å²) in [6.45, 7) is 0. The van der Waals surface area contributed by atoms with Crippen LogP contribution in [0.3, 0.4) is 0 Å². The van der Waals surface area contributed by atoms with E-state index in [9.17, 15) is 10.1 Å². The highest BCUT2D eigenvalue weighted by molar-refractivity contribution is 5.05. The van der Waals surface area contributed by atoms with E-state index in [4.69, 9.17) is 10.5 Å². The Morgan fingerprint density at radius 1 is 1.83 bits per heavy atom. The average molecular weight is 172 g/mol.